The largest absolute Gasteiger partial charge is 0.357 e. The molecule has 0 heterocycles. The van der Waals surface area contributed by atoms with Crippen molar-refractivity contribution in [1.82, 2.24) is 10.6 Å². The molecule has 0 fully saturated rings. The van der Waals surface area contributed by atoms with E-state index in [0.717, 1.165) is 17.7 Å². The summed E-state index contributed by atoms with van der Waals surface area (Å²) < 4.78 is 22.5. The Labute approximate surface area is 149 Å². The maximum absolute atomic E-state index is 11.3. The molecule has 2 aromatic carbocycles. The number of hydrogen-bond acceptors (Lipinski definition) is 3. The van der Waals surface area contributed by atoms with Crippen LogP contribution < -0.4 is 15.8 Å². The highest BCUT2D eigenvalue weighted by Gasteiger charge is 2.06. The zero-order valence-corrected chi connectivity index (χ0v) is 15.3. The summed E-state index contributed by atoms with van der Waals surface area (Å²) in [5.41, 5.74) is 3.30. The lowest BCUT2D eigenvalue weighted by molar-refractivity contribution is 0.597. The Hall–Kier alpha value is -2.38. The molecule has 0 radical (unpaired) electrons. The van der Waals surface area contributed by atoms with E-state index >= 15 is 0 Å². The van der Waals surface area contributed by atoms with Crippen LogP contribution in [0.15, 0.2) is 58.4 Å². The summed E-state index contributed by atoms with van der Waals surface area (Å²) in [6, 6.07) is 14.7. The van der Waals surface area contributed by atoms with Crippen LogP contribution in [0.2, 0.25) is 0 Å². The second-order valence-electron chi connectivity index (χ2n) is 5.73. The monoisotopic (exact) mass is 360 g/mol. The van der Waals surface area contributed by atoms with Crippen molar-refractivity contribution in [3.8, 4) is 0 Å². The number of aryl methyl sites for hydroxylation is 1. The Balaban J connectivity index is 2.00. The van der Waals surface area contributed by atoms with Gasteiger partial charge in [0, 0.05) is 13.1 Å². The Morgan fingerprint density at radius 2 is 1.80 bits per heavy atom. The van der Waals surface area contributed by atoms with Gasteiger partial charge in [0.15, 0.2) is 5.96 Å². The zero-order valence-electron chi connectivity index (χ0n) is 14.5. The minimum absolute atomic E-state index is 0.108. The van der Waals surface area contributed by atoms with Crippen LogP contribution in [0, 0.1) is 6.92 Å². The molecule has 0 aromatic heterocycles. The second kappa shape index (κ2) is 8.64. The average Bonchev–Trinajstić information content (AvgIpc) is 2.57. The fourth-order valence-corrected chi connectivity index (χ4v) is 2.82. The number of nitrogens with two attached hydrogens (primary N) is 1. The van der Waals surface area contributed by atoms with E-state index in [4.69, 9.17) is 5.14 Å². The number of primary sulfonamides is 1. The van der Waals surface area contributed by atoms with Crippen LogP contribution in [0.4, 0.5) is 0 Å². The molecule has 4 N–H and O–H groups in total. The third-order valence-corrected chi connectivity index (χ3v) is 4.49. The molecule has 2 rings (SSSR count). The van der Waals surface area contributed by atoms with E-state index in [9.17, 15) is 8.42 Å². The number of hydrogen-bond donors (Lipinski definition) is 3. The van der Waals surface area contributed by atoms with Crippen molar-refractivity contribution < 1.29 is 8.42 Å². The number of rotatable bonds is 6. The van der Waals surface area contributed by atoms with Gasteiger partial charge in [-0.15, -0.1) is 0 Å². The van der Waals surface area contributed by atoms with Crippen molar-refractivity contribution in [2.75, 3.05) is 6.54 Å². The smallest absolute Gasteiger partial charge is 0.238 e. The Kier molecular flexibility index (Phi) is 6.55. The van der Waals surface area contributed by atoms with E-state index in [1.807, 2.05) is 19.1 Å². The van der Waals surface area contributed by atoms with E-state index in [1.54, 1.807) is 12.1 Å². The third kappa shape index (κ3) is 6.21. The van der Waals surface area contributed by atoms with Gasteiger partial charge < -0.3 is 10.6 Å². The predicted molar refractivity (Wildman–Crippen MR) is 101 cm³/mol. The molecule has 0 bridgehead atoms. The molecule has 0 atom stereocenters. The summed E-state index contributed by atoms with van der Waals surface area (Å²) in [7, 11) is -3.66. The topological polar surface area (TPSA) is 96.6 Å². The number of guanidine groups is 1. The molecule has 6 nitrogen and oxygen atoms in total. The number of nitrogens with one attached hydrogen (secondary N) is 2. The molecule has 25 heavy (non-hydrogen) atoms. The molecular weight excluding hydrogens is 336 g/mol. The van der Waals surface area contributed by atoms with Crippen molar-refractivity contribution in [3.05, 3.63) is 65.2 Å². The van der Waals surface area contributed by atoms with Crippen LogP contribution in [0.1, 0.15) is 23.6 Å². The van der Waals surface area contributed by atoms with Crippen LogP contribution in [0.3, 0.4) is 0 Å². The number of nitrogens with zero attached hydrogens (tertiary/aromatic N) is 1. The van der Waals surface area contributed by atoms with E-state index in [2.05, 4.69) is 34.7 Å². The number of aliphatic imine (C=N–C) groups is 1. The fraction of sp³-hybridized carbons (Fsp3) is 0.278. The lowest BCUT2D eigenvalue weighted by atomic mass is 10.1. The first-order valence-corrected chi connectivity index (χ1v) is 9.62. The van der Waals surface area contributed by atoms with Crippen LogP contribution >= 0.6 is 0 Å². The molecule has 0 unspecified atom stereocenters. The van der Waals surface area contributed by atoms with Crippen molar-refractivity contribution in [3.63, 3.8) is 0 Å². The van der Waals surface area contributed by atoms with Crippen molar-refractivity contribution in [1.29, 1.82) is 0 Å². The van der Waals surface area contributed by atoms with Gasteiger partial charge in [0.05, 0.1) is 11.4 Å². The number of benzene rings is 2. The van der Waals surface area contributed by atoms with Gasteiger partial charge in [-0.25, -0.2) is 18.5 Å². The summed E-state index contributed by atoms with van der Waals surface area (Å²) in [5.74, 6) is 0.708. The molecule has 0 spiro atoms. The molecule has 0 saturated heterocycles. The first kappa shape index (κ1) is 19.0. The lowest BCUT2D eigenvalue weighted by Crippen LogP contribution is -2.36. The first-order valence-electron chi connectivity index (χ1n) is 8.08. The summed E-state index contributed by atoms with van der Waals surface area (Å²) in [6.45, 7) is 5.93. The Bertz CT molecular complexity index is 830. The van der Waals surface area contributed by atoms with Crippen molar-refractivity contribution in [2.45, 2.75) is 31.8 Å². The lowest BCUT2D eigenvalue weighted by Gasteiger charge is -2.12. The van der Waals surface area contributed by atoms with Gasteiger partial charge in [-0.05, 0) is 37.1 Å². The minimum atomic E-state index is -3.66. The van der Waals surface area contributed by atoms with Gasteiger partial charge in [0.25, 0.3) is 0 Å². The summed E-state index contributed by atoms with van der Waals surface area (Å²) in [5, 5.41) is 11.5. The van der Waals surface area contributed by atoms with Crippen molar-refractivity contribution in [2.24, 2.45) is 10.1 Å². The highest BCUT2D eigenvalue weighted by Crippen LogP contribution is 2.09. The normalized spacial score (nSPS) is 12.0. The average molecular weight is 360 g/mol. The molecule has 134 valence electrons. The molecule has 0 aliphatic rings. The summed E-state index contributed by atoms with van der Waals surface area (Å²) in [6.07, 6.45) is 0. The highest BCUT2D eigenvalue weighted by atomic mass is 32.2. The summed E-state index contributed by atoms with van der Waals surface area (Å²) >= 11 is 0. The van der Waals surface area contributed by atoms with E-state index in [0.29, 0.717) is 19.0 Å². The molecule has 0 aliphatic heterocycles. The maximum atomic E-state index is 11.3. The fourth-order valence-electron chi connectivity index (χ4n) is 2.31. The predicted octanol–water partition coefficient (Wildman–Crippen LogP) is 1.90. The van der Waals surface area contributed by atoms with Crippen molar-refractivity contribution >= 4 is 16.0 Å². The molecule has 0 amide bonds. The standard InChI is InChI=1S/C18H24N4O2S/c1-3-20-18(22-13-16-6-4-5-14(2)11-16)21-12-15-7-9-17(10-8-15)25(19,23)24/h4-11H,3,12-13H2,1-2H3,(H2,19,23,24)(H2,20,21,22). The summed E-state index contributed by atoms with van der Waals surface area (Å²) in [4.78, 5) is 4.68. The Morgan fingerprint density at radius 3 is 2.40 bits per heavy atom. The van der Waals surface area contributed by atoms with E-state index in [-0.39, 0.29) is 4.90 Å². The number of sulfonamides is 1. The quantitative estimate of drug-likeness (QED) is 0.541. The second-order valence-corrected chi connectivity index (χ2v) is 7.29. The van der Waals surface area contributed by atoms with Crippen LogP contribution in [0.25, 0.3) is 0 Å². The van der Waals surface area contributed by atoms with Crippen LogP contribution in [-0.4, -0.2) is 20.9 Å². The maximum Gasteiger partial charge on any atom is 0.238 e. The van der Waals surface area contributed by atoms with Gasteiger partial charge in [0.1, 0.15) is 0 Å². The molecular formula is C18H24N4O2S. The zero-order chi connectivity index (χ0) is 18.3. The van der Waals surface area contributed by atoms with Gasteiger partial charge >= 0.3 is 0 Å². The molecule has 7 heteroatoms. The molecule has 2 aromatic rings. The highest BCUT2D eigenvalue weighted by molar-refractivity contribution is 7.89. The van der Waals surface area contributed by atoms with Crippen LogP contribution in [0.5, 0.6) is 0 Å². The third-order valence-electron chi connectivity index (χ3n) is 3.56. The van der Waals surface area contributed by atoms with Gasteiger partial charge in [0.2, 0.25) is 10.0 Å². The SMILES string of the molecule is CCNC(=NCc1cccc(C)c1)NCc1ccc(S(N)(=O)=O)cc1. The van der Waals surface area contributed by atoms with Gasteiger partial charge in [-0.3, -0.25) is 0 Å². The van der Waals surface area contributed by atoms with Gasteiger partial charge in [-0.1, -0.05) is 42.0 Å². The molecule has 0 aliphatic carbocycles. The van der Waals surface area contributed by atoms with Gasteiger partial charge in [-0.2, -0.15) is 0 Å². The first-order chi connectivity index (χ1) is 11.9. The van der Waals surface area contributed by atoms with Crippen LogP contribution in [-0.2, 0) is 23.1 Å². The van der Waals surface area contributed by atoms with E-state index < -0.39 is 10.0 Å². The minimum Gasteiger partial charge on any atom is -0.357 e. The Morgan fingerprint density at radius 1 is 1.08 bits per heavy atom. The molecule has 0 saturated carbocycles. The van der Waals surface area contributed by atoms with E-state index in [1.165, 1.54) is 17.7 Å².